The molecule has 0 aromatic rings. The second-order valence-electron chi connectivity index (χ2n) is 10.6. The van der Waals surface area contributed by atoms with E-state index in [1.54, 1.807) is 5.57 Å². The van der Waals surface area contributed by atoms with E-state index in [0.29, 0.717) is 6.42 Å². The van der Waals surface area contributed by atoms with E-state index < -0.39 is 7.82 Å². The van der Waals surface area contributed by atoms with Crippen LogP contribution in [0.2, 0.25) is 0 Å². The van der Waals surface area contributed by atoms with Crippen molar-refractivity contribution in [2.75, 3.05) is 40.9 Å². The van der Waals surface area contributed by atoms with Gasteiger partial charge in [0.2, 0.25) is 0 Å². The van der Waals surface area contributed by atoms with Crippen molar-refractivity contribution in [3.05, 3.63) is 11.6 Å². The van der Waals surface area contributed by atoms with Gasteiger partial charge >= 0.3 is 0 Å². The molecule has 190 valence electrons. The SMILES string of the molecule is C[N+](C)(C)CCCOP(=O)([O-])OCCCCC=C1CCCCCCCCCCCCCC1. The van der Waals surface area contributed by atoms with E-state index in [1.165, 1.54) is 89.9 Å². The molecular weight excluding hydrogens is 421 g/mol. The third-order valence-corrected chi connectivity index (χ3v) is 7.25. The summed E-state index contributed by atoms with van der Waals surface area (Å²) in [4.78, 5) is 11.9. The summed E-state index contributed by atoms with van der Waals surface area (Å²) in [6, 6.07) is 0. The number of hydrogen-bond acceptors (Lipinski definition) is 4. The quantitative estimate of drug-likeness (QED) is 0.138. The summed E-state index contributed by atoms with van der Waals surface area (Å²) in [5, 5.41) is 0. The van der Waals surface area contributed by atoms with E-state index in [-0.39, 0.29) is 13.2 Å². The van der Waals surface area contributed by atoms with Gasteiger partial charge in [-0.05, 0) is 44.9 Å². The van der Waals surface area contributed by atoms with E-state index in [9.17, 15) is 9.46 Å². The van der Waals surface area contributed by atoms with Crippen molar-refractivity contribution in [2.24, 2.45) is 0 Å². The van der Waals surface area contributed by atoms with Gasteiger partial charge in [-0.25, -0.2) is 0 Å². The van der Waals surface area contributed by atoms with Gasteiger partial charge < -0.3 is 18.4 Å². The maximum atomic E-state index is 11.9. The van der Waals surface area contributed by atoms with E-state index >= 15 is 0 Å². The molecule has 1 rings (SSSR count). The average Bonchev–Trinajstić information content (AvgIpc) is 2.73. The van der Waals surface area contributed by atoms with Crippen LogP contribution in [0.3, 0.4) is 0 Å². The molecule has 0 N–H and O–H groups in total. The molecule has 0 heterocycles. The Morgan fingerprint density at radius 2 is 1.19 bits per heavy atom. The third kappa shape index (κ3) is 19.3. The fourth-order valence-corrected chi connectivity index (χ4v) is 5.06. The molecule has 1 aliphatic carbocycles. The Kier molecular flexibility index (Phi) is 17.0. The monoisotopic (exact) mass is 473 g/mol. The van der Waals surface area contributed by atoms with Crippen molar-refractivity contribution in [3.63, 3.8) is 0 Å². The highest BCUT2D eigenvalue weighted by molar-refractivity contribution is 7.45. The first kappa shape index (κ1) is 29.8. The molecule has 0 amide bonds. The second-order valence-corrected chi connectivity index (χ2v) is 12.0. The van der Waals surface area contributed by atoms with Crippen LogP contribution in [0.5, 0.6) is 0 Å². The minimum absolute atomic E-state index is 0.197. The standard InChI is InChI=1S/C26H52NO4P/c1-27(2,3)23-19-25-31-32(28,29)30-24-18-14-17-22-26-20-15-12-10-8-6-4-5-7-9-11-13-16-21-26/h22H,4-21,23-25H2,1-3H3. The Morgan fingerprint density at radius 1 is 0.750 bits per heavy atom. The fourth-order valence-electron chi connectivity index (χ4n) is 4.28. The topological polar surface area (TPSA) is 58.6 Å². The average molecular weight is 474 g/mol. The predicted molar refractivity (Wildman–Crippen MR) is 134 cm³/mol. The van der Waals surface area contributed by atoms with Crippen molar-refractivity contribution in [1.82, 2.24) is 0 Å². The fraction of sp³-hybridized carbons (Fsp3) is 0.923. The molecule has 1 aliphatic rings. The van der Waals surface area contributed by atoms with Crippen LogP contribution in [0.1, 0.15) is 116 Å². The zero-order chi connectivity index (χ0) is 23.5. The maximum absolute atomic E-state index is 11.9. The minimum Gasteiger partial charge on any atom is -0.756 e. The molecule has 0 spiro atoms. The summed E-state index contributed by atoms with van der Waals surface area (Å²) in [7, 11) is 2.07. The summed E-state index contributed by atoms with van der Waals surface area (Å²) in [6.07, 6.45) is 25.0. The lowest BCUT2D eigenvalue weighted by atomic mass is 9.98. The minimum atomic E-state index is -4.16. The Hall–Kier alpha value is -0.190. The van der Waals surface area contributed by atoms with Crippen LogP contribution in [0, 0.1) is 0 Å². The van der Waals surface area contributed by atoms with Gasteiger partial charge in [-0.3, -0.25) is 4.57 Å². The van der Waals surface area contributed by atoms with E-state index in [0.717, 1.165) is 30.3 Å². The van der Waals surface area contributed by atoms with Crippen molar-refractivity contribution >= 4 is 7.82 Å². The predicted octanol–water partition coefficient (Wildman–Crippen LogP) is 7.16. The number of unbranched alkanes of at least 4 members (excludes halogenated alkanes) is 2. The molecule has 0 saturated heterocycles. The largest absolute Gasteiger partial charge is 0.756 e. The molecule has 0 bridgehead atoms. The van der Waals surface area contributed by atoms with Gasteiger partial charge in [0, 0.05) is 6.42 Å². The number of phosphoric acid groups is 1. The summed E-state index contributed by atoms with van der Waals surface area (Å²) in [5.74, 6) is 0. The Labute approximate surface area is 199 Å². The summed E-state index contributed by atoms with van der Waals surface area (Å²) >= 11 is 0. The summed E-state index contributed by atoms with van der Waals surface area (Å²) in [5.41, 5.74) is 1.62. The first-order chi connectivity index (χ1) is 15.3. The number of quaternary nitrogens is 1. The number of rotatable bonds is 11. The highest BCUT2D eigenvalue weighted by Gasteiger charge is 2.11. The normalized spacial score (nSPS) is 20.2. The van der Waals surface area contributed by atoms with Crippen molar-refractivity contribution < 1.29 is 23.0 Å². The zero-order valence-corrected chi connectivity index (χ0v) is 22.3. The van der Waals surface area contributed by atoms with Gasteiger partial charge in [-0.2, -0.15) is 0 Å². The molecule has 32 heavy (non-hydrogen) atoms. The van der Waals surface area contributed by atoms with Crippen LogP contribution in [-0.4, -0.2) is 45.4 Å². The second kappa shape index (κ2) is 18.2. The molecule has 0 aromatic heterocycles. The van der Waals surface area contributed by atoms with Crippen LogP contribution in [0.4, 0.5) is 0 Å². The smallest absolute Gasteiger partial charge is 0.267 e. The molecule has 5 nitrogen and oxygen atoms in total. The maximum Gasteiger partial charge on any atom is 0.267 e. The van der Waals surface area contributed by atoms with Gasteiger partial charge in [-0.15, -0.1) is 0 Å². The molecule has 1 atom stereocenters. The number of hydrogen-bond donors (Lipinski definition) is 0. The first-order valence-corrected chi connectivity index (χ1v) is 14.8. The number of phosphoric ester groups is 1. The first-order valence-electron chi connectivity index (χ1n) is 13.4. The van der Waals surface area contributed by atoms with Gasteiger partial charge in [0.05, 0.1) is 40.9 Å². The highest BCUT2D eigenvalue weighted by atomic mass is 31.2. The van der Waals surface area contributed by atoms with E-state index in [1.807, 2.05) is 0 Å². The van der Waals surface area contributed by atoms with Crippen LogP contribution in [0.25, 0.3) is 0 Å². The Balaban J connectivity index is 2.22. The van der Waals surface area contributed by atoms with Gasteiger partial charge in [-0.1, -0.05) is 75.9 Å². The molecule has 0 radical (unpaired) electrons. The molecular formula is C26H52NO4P. The van der Waals surface area contributed by atoms with Gasteiger partial charge in [0.15, 0.2) is 0 Å². The molecule has 1 saturated carbocycles. The van der Waals surface area contributed by atoms with Gasteiger partial charge in [0.25, 0.3) is 7.82 Å². The third-order valence-electron chi connectivity index (χ3n) is 6.25. The number of nitrogens with zero attached hydrogens (tertiary/aromatic N) is 1. The Morgan fingerprint density at radius 3 is 1.66 bits per heavy atom. The molecule has 1 unspecified atom stereocenters. The lowest BCUT2D eigenvalue weighted by Gasteiger charge is -2.26. The lowest BCUT2D eigenvalue weighted by molar-refractivity contribution is -0.870. The highest BCUT2D eigenvalue weighted by Crippen LogP contribution is 2.38. The van der Waals surface area contributed by atoms with Gasteiger partial charge in [0.1, 0.15) is 0 Å². The van der Waals surface area contributed by atoms with Crippen molar-refractivity contribution in [2.45, 2.75) is 116 Å². The van der Waals surface area contributed by atoms with Crippen molar-refractivity contribution in [3.8, 4) is 0 Å². The lowest BCUT2D eigenvalue weighted by Crippen LogP contribution is -2.35. The summed E-state index contributed by atoms with van der Waals surface area (Å²) < 4.78 is 22.7. The molecule has 6 heteroatoms. The van der Waals surface area contributed by atoms with Crippen molar-refractivity contribution in [1.29, 1.82) is 0 Å². The Bertz CT molecular complexity index is 512. The van der Waals surface area contributed by atoms with Crippen LogP contribution < -0.4 is 4.89 Å². The molecule has 1 fully saturated rings. The van der Waals surface area contributed by atoms with E-state index in [4.69, 9.17) is 9.05 Å². The summed E-state index contributed by atoms with van der Waals surface area (Å²) in [6.45, 7) is 1.29. The molecule has 0 aromatic carbocycles. The molecule has 0 aliphatic heterocycles. The van der Waals surface area contributed by atoms with Crippen LogP contribution in [0.15, 0.2) is 11.6 Å². The van der Waals surface area contributed by atoms with E-state index in [2.05, 4.69) is 27.2 Å². The zero-order valence-electron chi connectivity index (χ0n) is 21.5. The van der Waals surface area contributed by atoms with Crippen LogP contribution >= 0.6 is 7.82 Å². The van der Waals surface area contributed by atoms with Crippen LogP contribution in [-0.2, 0) is 13.6 Å². The number of allylic oxidation sites excluding steroid dienone is 2.